The van der Waals surface area contributed by atoms with Crippen LogP contribution in [-0.2, 0) is 0 Å². The number of benzene rings is 3. The molecule has 3 aromatic rings. The van der Waals surface area contributed by atoms with Crippen molar-refractivity contribution in [3.8, 4) is 0 Å². The maximum Gasteiger partial charge on any atom is 0.204 e. The van der Waals surface area contributed by atoms with Crippen LogP contribution in [0, 0.1) is 26.4 Å². The highest BCUT2D eigenvalue weighted by Gasteiger charge is 2.19. The van der Waals surface area contributed by atoms with Crippen LogP contribution in [0.4, 0.5) is 17.1 Å². The fraction of sp³-hybridized carbons (Fsp3) is 0.0952. The van der Waals surface area contributed by atoms with Gasteiger partial charge < -0.3 is 5.32 Å². The second kappa shape index (κ2) is 8.39. The number of nitrogens with one attached hydrogen (secondary N) is 2. The summed E-state index contributed by atoms with van der Waals surface area (Å²) < 4.78 is 2.29. The van der Waals surface area contributed by atoms with Crippen LogP contribution in [0.25, 0.3) is 0 Å². The van der Waals surface area contributed by atoms with E-state index in [9.17, 15) is 0 Å². The summed E-state index contributed by atoms with van der Waals surface area (Å²) in [7, 11) is 0. The maximum absolute atomic E-state index is 8.80. The fourth-order valence-electron chi connectivity index (χ4n) is 2.73. The van der Waals surface area contributed by atoms with Gasteiger partial charge in [-0.15, -0.1) is 0 Å². The minimum absolute atomic E-state index is 0.325. The summed E-state index contributed by atoms with van der Waals surface area (Å²) in [6.45, 7) is 4.16. The number of nitrogens with zero attached hydrogens (tertiary/aromatic N) is 1. The van der Waals surface area contributed by atoms with Crippen molar-refractivity contribution in [3.63, 3.8) is 0 Å². The zero-order valence-corrected chi connectivity index (χ0v) is 18.9. The molecule has 0 aliphatic carbocycles. The number of guanidine groups is 1. The number of rotatable bonds is 3. The van der Waals surface area contributed by atoms with E-state index in [0.29, 0.717) is 5.96 Å². The average Bonchev–Trinajstić information content (AvgIpc) is 2.62. The molecule has 0 radical (unpaired) electrons. The van der Waals surface area contributed by atoms with Crippen molar-refractivity contribution in [2.75, 3.05) is 10.2 Å². The van der Waals surface area contributed by atoms with Gasteiger partial charge in [-0.25, -0.2) is 0 Å². The minimum Gasteiger partial charge on any atom is -0.326 e. The van der Waals surface area contributed by atoms with Gasteiger partial charge in [-0.2, -0.15) is 0 Å². The largest absolute Gasteiger partial charge is 0.326 e. The lowest BCUT2D eigenvalue weighted by molar-refractivity contribution is 1.22. The topological polar surface area (TPSA) is 39.1 Å². The van der Waals surface area contributed by atoms with Crippen molar-refractivity contribution in [2.24, 2.45) is 0 Å². The van der Waals surface area contributed by atoms with E-state index in [2.05, 4.69) is 101 Å². The van der Waals surface area contributed by atoms with Crippen LogP contribution in [0.15, 0.2) is 66.7 Å². The molecule has 0 saturated heterocycles. The van der Waals surface area contributed by atoms with E-state index in [0.717, 1.165) is 35.3 Å². The first kappa shape index (κ1) is 19.2. The molecule has 0 aromatic heterocycles. The van der Waals surface area contributed by atoms with E-state index in [4.69, 9.17) is 5.41 Å². The van der Waals surface area contributed by atoms with Gasteiger partial charge in [0.1, 0.15) is 0 Å². The van der Waals surface area contributed by atoms with Crippen LogP contribution in [0.3, 0.4) is 0 Å². The molecule has 0 aliphatic rings. The van der Waals surface area contributed by atoms with Crippen molar-refractivity contribution < 1.29 is 0 Å². The molecular formula is C21H19I2N3. The van der Waals surface area contributed by atoms with Gasteiger partial charge in [0.2, 0.25) is 5.96 Å². The molecule has 0 atom stereocenters. The molecule has 3 rings (SSSR count). The predicted molar refractivity (Wildman–Crippen MR) is 128 cm³/mol. The van der Waals surface area contributed by atoms with E-state index >= 15 is 0 Å². The summed E-state index contributed by atoms with van der Waals surface area (Å²) in [4.78, 5) is 1.99. The maximum atomic E-state index is 8.80. The number of hydrogen-bond donors (Lipinski definition) is 2. The third kappa shape index (κ3) is 4.37. The van der Waals surface area contributed by atoms with Gasteiger partial charge in [0.25, 0.3) is 0 Å². The van der Waals surface area contributed by atoms with E-state index in [-0.39, 0.29) is 0 Å². The van der Waals surface area contributed by atoms with Crippen LogP contribution < -0.4 is 10.2 Å². The average molecular weight is 567 g/mol. The molecular weight excluding hydrogens is 548 g/mol. The molecule has 2 N–H and O–H groups in total. The van der Waals surface area contributed by atoms with Crippen LogP contribution in [0.1, 0.15) is 11.1 Å². The Kier molecular flexibility index (Phi) is 6.18. The lowest BCUT2D eigenvalue weighted by Gasteiger charge is -2.29. The van der Waals surface area contributed by atoms with Gasteiger partial charge in [-0.1, -0.05) is 30.3 Å². The van der Waals surface area contributed by atoms with Gasteiger partial charge in [-0.3, -0.25) is 10.3 Å². The van der Waals surface area contributed by atoms with E-state index in [1.165, 1.54) is 0 Å². The number of anilines is 3. The molecule has 132 valence electrons. The van der Waals surface area contributed by atoms with Crippen LogP contribution in [-0.4, -0.2) is 5.96 Å². The summed E-state index contributed by atoms with van der Waals surface area (Å²) in [5, 5.41) is 12.0. The summed E-state index contributed by atoms with van der Waals surface area (Å²) >= 11 is 4.64. The van der Waals surface area contributed by atoms with Crippen LogP contribution in [0.5, 0.6) is 0 Å². The standard InChI is InChI=1S/C21H19I2N3/c1-14-8-10-16(22)12-19(14)26(20-13-17(23)11-9-15(20)2)21(24)25-18-6-4-3-5-7-18/h3-13H,1-2H3,(H2,24,25). The molecule has 0 unspecified atom stereocenters. The molecule has 0 amide bonds. The Hall–Kier alpha value is -1.61. The lowest BCUT2D eigenvalue weighted by atomic mass is 10.1. The normalized spacial score (nSPS) is 10.5. The quantitative estimate of drug-likeness (QED) is 0.210. The third-order valence-electron chi connectivity index (χ3n) is 4.08. The molecule has 0 heterocycles. The fourth-order valence-corrected chi connectivity index (χ4v) is 3.68. The lowest BCUT2D eigenvalue weighted by Crippen LogP contribution is -2.32. The Morgan fingerprint density at radius 3 is 1.81 bits per heavy atom. The van der Waals surface area contributed by atoms with Crippen molar-refractivity contribution in [1.29, 1.82) is 5.41 Å². The molecule has 5 heteroatoms. The monoisotopic (exact) mass is 567 g/mol. The second-order valence-corrected chi connectivity index (χ2v) is 8.53. The summed E-state index contributed by atoms with van der Waals surface area (Å²) in [5.74, 6) is 0.325. The highest BCUT2D eigenvalue weighted by atomic mass is 127. The first-order valence-electron chi connectivity index (χ1n) is 8.19. The summed E-state index contributed by atoms with van der Waals surface area (Å²) in [6.07, 6.45) is 0. The number of hydrogen-bond acceptors (Lipinski definition) is 1. The van der Waals surface area contributed by atoms with Crippen LogP contribution in [0.2, 0.25) is 0 Å². The Labute approximate surface area is 181 Å². The van der Waals surface area contributed by atoms with E-state index in [1.54, 1.807) is 0 Å². The molecule has 3 nitrogen and oxygen atoms in total. The molecule has 0 bridgehead atoms. The number of halogens is 2. The van der Waals surface area contributed by atoms with E-state index < -0.39 is 0 Å². The van der Waals surface area contributed by atoms with Gasteiger partial charge >= 0.3 is 0 Å². The zero-order chi connectivity index (χ0) is 18.7. The predicted octanol–water partition coefficient (Wildman–Crippen LogP) is 6.70. The number of aryl methyl sites for hydroxylation is 2. The summed E-state index contributed by atoms with van der Waals surface area (Å²) in [5.41, 5.74) is 5.17. The molecule has 0 fully saturated rings. The van der Waals surface area contributed by atoms with Crippen LogP contribution >= 0.6 is 45.2 Å². The number of para-hydroxylation sites is 1. The second-order valence-electron chi connectivity index (χ2n) is 6.04. The summed E-state index contributed by atoms with van der Waals surface area (Å²) in [6, 6.07) is 22.5. The molecule has 0 spiro atoms. The van der Waals surface area contributed by atoms with Gasteiger partial charge in [-0.05, 0) is 107 Å². The van der Waals surface area contributed by atoms with Gasteiger partial charge in [0.05, 0.1) is 11.4 Å². The zero-order valence-electron chi connectivity index (χ0n) is 14.6. The van der Waals surface area contributed by atoms with Gasteiger partial charge in [0.15, 0.2) is 0 Å². The van der Waals surface area contributed by atoms with Crippen molar-refractivity contribution in [1.82, 2.24) is 0 Å². The smallest absolute Gasteiger partial charge is 0.204 e. The molecule has 3 aromatic carbocycles. The van der Waals surface area contributed by atoms with Gasteiger partial charge in [0, 0.05) is 12.8 Å². The SMILES string of the molecule is Cc1ccc(I)cc1N(C(=N)Nc1ccccc1)c1cc(I)ccc1C. The third-order valence-corrected chi connectivity index (χ3v) is 5.43. The Morgan fingerprint density at radius 2 is 1.31 bits per heavy atom. The van der Waals surface area contributed by atoms with Crippen molar-refractivity contribution >= 4 is 68.2 Å². The Morgan fingerprint density at radius 1 is 0.808 bits per heavy atom. The molecule has 26 heavy (non-hydrogen) atoms. The first-order valence-corrected chi connectivity index (χ1v) is 10.3. The van der Waals surface area contributed by atoms with E-state index in [1.807, 2.05) is 35.2 Å². The Balaban J connectivity index is 2.11. The molecule has 0 saturated carbocycles. The highest BCUT2D eigenvalue weighted by Crippen LogP contribution is 2.33. The first-order chi connectivity index (χ1) is 12.5. The highest BCUT2D eigenvalue weighted by molar-refractivity contribution is 14.1. The van der Waals surface area contributed by atoms with Crippen molar-refractivity contribution in [2.45, 2.75) is 13.8 Å². The minimum atomic E-state index is 0.325. The molecule has 0 aliphatic heterocycles. The Bertz CT molecular complexity index is 888. The van der Waals surface area contributed by atoms with Crippen molar-refractivity contribution in [3.05, 3.63) is 85.0 Å².